The van der Waals surface area contributed by atoms with E-state index >= 15 is 0 Å². The molecule has 0 aliphatic carbocycles. The summed E-state index contributed by atoms with van der Waals surface area (Å²) in [6.07, 6.45) is 0. The lowest BCUT2D eigenvalue weighted by Crippen LogP contribution is -1.91. The van der Waals surface area contributed by atoms with E-state index in [1.807, 2.05) is 6.07 Å². The molecule has 0 atom stereocenters. The van der Waals surface area contributed by atoms with Crippen LogP contribution in [0.25, 0.3) is 11.1 Å². The van der Waals surface area contributed by atoms with Gasteiger partial charge in [-0.15, -0.1) is 0 Å². The van der Waals surface area contributed by atoms with Crippen LogP contribution in [0.15, 0.2) is 82.4 Å². The van der Waals surface area contributed by atoms with Crippen LogP contribution in [0.5, 0.6) is 0 Å². The third-order valence-electron chi connectivity index (χ3n) is 4.33. The fourth-order valence-electron chi connectivity index (χ4n) is 3.17. The topological polar surface area (TPSA) is 51.0 Å². The molecule has 0 aliphatic heterocycles. The molecule has 1 N–H and O–H groups in total. The minimum Gasteiger partial charge on any atom is -0.398 e. The highest BCUT2D eigenvalue weighted by atomic mass is 32.2. The smallest absolute Gasteiger partial charge is 0.320 e. The van der Waals surface area contributed by atoms with Crippen LogP contribution in [0, 0.1) is 13.8 Å². The largest absolute Gasteiger partial charge is 0.398 e. The summed E-state index contributed by atoms with van der Waals surface area (Å²) in [5.74, 6) is 0.760. The summed E-state index contributed by atoms with van der Waals surface area (Å²) >= 11 is 1.54. The molecule has 28 heavy (non-hydrogen) atoms. The third kappa shape index (κ3) is 4.43. The van der Waals surface area contributed by atoms with E-state index < -0.39 is 0 Å². The SMILES string of the molecule is Cc1cc(C)cc(Nc2nnc(SCc3ccccc3-c3ccccc3)o2)c1. The van der Waals surface area contributed by atoms with Crippen molar-refractivity contribution in [2.45, 2.75) is 24.8 Å². The van der Waals surface area contributed by atoms with E-state index in [4.69, 9.17) is 4.42 Å². The Labute approximate surface area is 169 Å². The molecule has 0 aliphatic rings. The molecule has 0 saturated heterocycles. The molecule has 140 valence electrons. The summed E-state index contributed by atoms with van der Waals surface area (Å²) in [6.45, 7) is 4.13. The van der Waals surface area contributed by atoms with E-state index in [0.29, 0.717) is 11.2 Å². The summed E-state index contributed by atoms with van der Waals surface area (Å²) in [7, 11) is 0. The van der Waals surface area contributed by atoms with Crippen molar-refractivity contribution in [2.24, 2.45) is 0 Å². The molecule has 0 unspecified atom stereocenters. The average Bonchev–Trinajstić information content (AvgIpc) is 3.14. The van der Waals surface area contributed by atoms with Gasteiger partial charge < -0.3 is 9.73 Å². The van der Waals surface area contributed by atoms with E-state index in [2.05, 4.69) is 96.1 Å². The van der Waals surface area contributed by atoms with Gasteiger partial charge in [-0.2, -0.15) is 0 Å². The van der Waals surface area contributed by atoms with Gasteiger partial charge in [0, 0.05) is 11.4 Å². The molecule has 1 aromatic heterocycles. The number of aryl methyl sites for hydroxylation is 2. The number of hydrogen-bond donors (Lipinski definition) is 1. The van der Waals surface area contributed by atoms with Gasteiger partial charge in [0.1, 0.15) is 0 Å². The van der Waals surface area contributed by atoms with Gasteiger partial charge in [-0.1, -0.05) is 82.6 Å². The number of anilines is 2. The van der Waals surface area contributed by atoms with Crippen LogP contribution in [-0.4, -0.2) is 10.2 Å². The van der Waals surface area contributed by atoms with Gasteiger partial charge in [0.15, 0.2) is 0 Å². The molecular formula is C23H21N3OS. The van der Waals surface area contributed by atoms with Crippen LogP contribution in [0.4, 0.5) is 11.7 Å². The maximum atomic E-state index is 5.76. The van der Waals surface area contributed by atoms with Crippen molar-refractivity contribution < 1.29 is 4.42 Å². The Morgan fingerprint density at radius 3 is 2.36 bits per heavy atom. The molecule has 4 rings (SSSR count). The van der Waals surface area contributed by atoms with Gasteiger partial charge in [0.05, 0.1) is 0 Å². The molecule has 0 saturated carbocycles. The number of rotatable bonds is 6. The Kier molecular flexibility index (Phi) is 5.44. The predicted octanol–water partition coefficient (Wildman–Crippen LogP) is 6.39. The molecule has 1 heterocycles. The number of nitrogens with one attached hydrogen (secondary N) is 1. The number of nitrogens with zero attached hydrogens (tertiary/aromatic N) is 2. The highest BCUT2D eigenvalue weighted by molar-refractivity contribution is 7.98. The lowest BCUT2D eigenvalue weighted by atomic mass is 10.0. The Morgan fingerprint density at radius 1 is 0.857 bits per heavy atom. The van der Waals surface area contributed by atoms with Gasteiger partial charge in [0.2, 0.25) is 0 Å². The molecule has 0 amide bonds. The first-order chi connectivity index (χ1) is 13.7. The zero-order valence-electron chi connectivity index (χ0n) is 15.8. The van der Waals surface area contributed by atoms with Crippen molar-refractivity contribution in [1.29, 1.82) is 0 Å². The molecule has 3 aromatic carbocycles. The van der Waals surface area contributed by atoms with Crippen molar-refractivity contribution in [3.05, 3.63) is 89.5 Å². The third-order valence-corrected chi connectivity index (χ3v) is 5.20. The van der Waals surface area contributed by atoms with Crippen LogP contribution in [-0.2, 0) is 5.75 Å². The molecule has 0 fully saturated rings. The monoisotopic (exact) mass is 387 g/mol. The van der Waals surface area contributed by atoms with Crippen LogP contribution in [0.1, 0.15) is 16.7 Å². The molecule has 4 nitrogen and oxygen atoms in total. The Balaban J connectivity index is 1.46. The van der Waals surface area contributed by atoms with Crippen molar-refractivity contribution in [3.8, 4) is 11.1 Å². The van der Waals surface area contributed by atoms with Gasteiger partial charge >= 0.3 is 6.01 Å². The molecular weight excluding hydrogens is 366 g/mol. The van der Waals surface area contributed by atoms with E-state index in [9.17, 15) is 0 Å². The van der Waals surface area contributed by atoms with Gasteiger partial charge in [0.25, 0.3) is 5.22 Å². The number of hydrogen-bond acceptors (Lipinski definition) is 5. The quantitative estimate of drug-likeness (QED) is 0.389. The second-order valence-corrected chi connectivity index (χ2v) is 7.61. The molecule has 5 heteroatoms. The summed E-state index contributed by atoms with van der Waals surface area (Å²) in [4.78, 5) is 0. The molecule has 0 bridgehead atoms. The Morgan fingerprint density at radius 2 is 1.57 bits per heavy atom. The average molecular weight is 388 g/mol. The van der Waals surface area contributed by atoms with Crippen LogP contribution in [0.2, 0.25) is 0 Å². The minimum atomic E-state index is 0.406. The van der Waals surface area contributed by atoms with E-state index in [1.165, 1.54) is 39.6 Å². The fourth-order valence-corrected chi connectivity index (χ4v) is 3.94. The number of aromatic nitrogens is 2. The Hall–Kier alpha value is -3.05. The second-order valence-electron chi connectivity index (χ2n) is 6.69. The number of thioether (sulfide) groups is 1. The summed E-state index contributed by atoms with van der Waals surface area (Å²) in [5.41, 5.74) is 7.00. The van der Waals surface area contributed by atoms with Crippen LogP contribution >= 0.6 is 11.8 Å². The lowest BCUT2D eigenvalue weighted by Gasteiger charge is -2.08. The first-order valence-electron chi connectivity index (χ1n) is 9.12. The second kappa shape index (κ2) is 8.31. The summed E-state index contributed by atoms with van der Waals surface area (Å²) in [6, 6.07) is 25.5. The van der Waals surface area contributed by atoms with Gasteiger partial charge in [-0.25, -0.2) is 0 Å². The maximum absolute atomic E-state index is 5.76. The standard InChI is InChI=1S/C23H21N3OS/c1-16-12-17(2)14-20(13-16)24-22-25-26-23(27-22)28-15-19-10-6-7-11-21(19)18-8-4-3-5-9-18/h3-14H,15H2,1-2H3,(H,24,25). The van der Waals surface area contributed by atoms with E-state index in [1.54, 1.807) is 0 Å². The van der Waals surface area contributed by atoms with Crippen LogP contribution in [0.3, 0.4) is 0 Å². The maximum Gasteiger partial charge on any atom is 0.320 e. The zero-order chi connectivity index (χ0) is 19.3. The molecule has 4 aromatic rings. The van der Waals surface area contributed by atoms with Gasteiger partial charge in [-0.3, -0.25) is 0 Å². The highest BCUT2D eigenvalue weighted by Gasteiger charge is 2.10. The zero-order valence-corrected chi connectivity index (χ0v) is 16.7. The fraction of sp³-hybridized carbons (Fsp3) is 0.130. The van der Waals surface area contributed by atoms with Crippen molar-refractivity contribution in [2.75, 3.05) is 5.32 Å². The Bertz CT molecular complexity index is 1060. The summed E-state index contributed by atoms with van der Waals surface area (Å²) in [5, 5.41) is 12.0. The van der Waals surface area contributed by atoms with E-state index in [0.717, 1.165) is 11.4 Å². The van der Waals surface area contributed by atoms with Crippen LogP contribution < -0.4 is 5.32 Å². The normalized spacial score (nSPS) is 10.8. The van der Waals surface area contributed by atoms with Crippen molar-refractivity contribution >= 4 is 23.5 Å². The first-order valence-corrected chi connectivity index (χ1v) is 10.1. The predicted molar refractivity (Wildman–Crippen MR) is 115 cm³/mol. The lowest BCUT2D eigenvalue weighted by molar-refractivity contribution is 0.468. The first kappa shape index (κ1) is 18.3. The molecule has 0 radical (unpaired) electrons. The highest BCUT2D eigenvalue weighted by Crippen LogP contribution is 2.30. The van der Waals surface area contributed by atoms with E-state index in [-0.39, 0.29) is 0 Å². The van der Waals surface area contributed by atoms with Crippen molar-refractivity contribution in [3.63, 3.8) is 0 Å². The van der Waals surface area contributed by atoms with Crippen molar-refractivity contribution in [1.82, 2.24) is 10.2 Å². The number of benzene rings is 3. The van der Waals surface area contributed by atoms with Gasteiger partial charge in [-0.05, 0) is 53.8 Å². The molecule has 0 spiro atoms. The minimum absolute atomic E-state index is 0.406. The summed E-state index contributed by atoms with van der Waals surface area (Å²) < 4.78 is 5.76.